The van der Waals surface area contributed by atoms with E-state index in [0.29, 0.717) is 22.6 Å². The second-order valence-electron chi connectivity index (χ2n) is 8.60. The molecule has 0 aromatic heterocycles. The lowest BCUT2D eigenvalue weighted by molar-refractivity contribution is -0.213. The number of hydrogen-bond donors (Lipinski definition) is 0. The van der Waals surface area contributed by atoms with Gasteiger partial charge in [0.05, 0.1) is 24.0 Å². The first-order valence-corrected chi connectivity index (χ1v) is 15.1. The Morgan fingerprint density at radius 2 is 1.05 bits per heavy atom. The summed E-state index contributed by atoms with van der Waals surface area (Å²) in [5.74, 6) is 1.53. The summed E-state index contributed by atoms with van der Waals surface area (Å²) in [6.45, 7) is 0. The maximum Gasteiger partial charge on any atom is 0.372 e. The van der Waals surface area contributed by atoms with E-state index in [9.17, 15) is 9.46 Å². The number of phosphoric ester groups is 1. The summed E-state index contributed by atoms with van der Waals surface area (Å²) < 4.78 is 36.2. The van der Waals surface area contributed by atoms with Gasteiger partial charge in [-0.15, -0.1) is 0 Å². The van der Waals surface area contributed by atoms with Crippen LogP contribution in [0.3, 0.4) is 0 Å². The monoisotopic (exact) mass is 573 g/mol. The molecule has 0 saturated heterocycles. The molecule has 2 aliphatic rings. The molecule has 0 amide bonds. The molecule has 9 heteroatoms. The lowest BCUT2D eigenvalue weighted by Crippen LogP contribution is -2.08. The Balaban J connectivity index is 1.42. The molecule has 0 N–H and O–H groups in total. The Morgan fingerprint density at radius 3 is 1.49 bits per heavy atom. The maximum atomic E-state index is 13.6. The summed E-state index contributed by atoms with van der Waals surface area (Å²) in [5, 5.41) is 0. The average molecular weight is 574 g/mol. The Labute approximate surface area is 234 Å². The van der Waals surface area contributed by atoms with Gasteiger partial charge in [0.2, 0.25) is 0 Å². The van der Waals surface area contributed by atoms with Crippen LogP contribution < -0.4 is 14.4 Å². The van der Waals surface area contributed by atoms with Gasteiger partial charge in [-0.25, -0.2) is 4.57 Å². The molecule has 39 heavy (non-hydrogen) atoms. The molecule has 2 heterocycles. The van der Waals surface area contributed by atoms with Gasteiger partial charge in [-0.05, 0) is 59.7 Å². The summed E-state index contributed by atoms with van der Waals surface area (Å²) in [4.78, 5) is 17.0. The van der Waals surface area contributed by atoms with Crippen molar-refractivity contribution in [2.75, 3.05) is 14.2 Å². The summed E-state index contributed by atoms with van der Waals surface area (Å²) >= 11 is 2.98. The zero-order valence-corrected chi connectivity index (χ0v) is 23.5. The van der Waals surface area contributed by atoms with Crippen LogP contribution in [0.4, 0.5) is 0 Å². The van der Waals surface area contributed by atoms with E-state index < -0.39 is 7.82 Å². The molecule has 6 rings (SSSR count). The van der Waals surface area contributed by atoms with E-state index in [-0.39, 0.29) is 11.5 Å². The fourth-order valence-corrected chi connectivity index (χ4v) is 7.51. The van der Waals surface area contributed by atoms with Gasteiger partial charge in [-0.3, -0.25) is 0 Å². The van der Waals surface area contributed by atoms with Gasteiger partial charge in [0.25, 0.3) is 0 Å². The molecule has 2 aliphatic heterocycles. The third-order valence-corrected chi connectivity index (χ3v) is 9.46. The Hall–Kier alpha value is -3.55. The molecule has 0 fully saturated rings. The summed E-state index contributed by atoms with van der Waals surface area (Å²) in [6.07, 6.45) is 3.43. The van der Waals surface area contributed by atoms with Crippen LogP contribution in [0, 0.1) is 0 Å². The molecule has 0 unspecified atom stereocenters. The summed E-state index contributed by atoms with van der Waals surface area (Å²) in [5.41, 5.74) is 2.83. The van der Waals surface area contributed by atoms with E-state index in [1.165, 1.54) is 23.5 Å². The molecule has 0 spiro atoms. The van der Waals surface area contributed by atoms with Gasteiger partial charge in [0.15, 0.2) is 0 Å². The maximum absolute atomic E-state index is 13.6. The Bertz CT molecular complexity index is 1580. The number of benzene rings is 4. The van der Waals surface area contributed by atoms with E-state index in [1.54, 1.807) is 50.6 Å². The van der Waals surface area contributed by atoms with Crippen molar-refractivity contribution < 1.29 is 28.0 Å². The Kier molecular flexibility index (Phi) is 6.95. The highest BCUT2D eigenvalue weighted by atomic mass is 32.2. The third-order valence-electron chi connectivity index (χ3n) is 6.18. The Morgan fingerprint density at radius 1 is 0.615 bits per heavy atom. The quantitative estimate of drug-likeness (QED) is 0.216. The highest BCUT2D eigenvalue weighted by Gasteiger charge is 2.27. The minimum Gasteiger partial charge on any atom is -0.736 e. The van der Waals surface area contributed by atoms with Gasteiger partial charge in [0, 0.05) is 20.9 Å². The van der Waals surface area contributed by atoms with Crippen molar-refractivity contribution in [3.8, 4) is 11.5 Å². The molecule has 4 aromatic rings. The smallest absolute Gasteiger partial charge is 0.372 e. The zero-order valence-electron chi connectivity index (χ0n) is 21.0. The molecule has 0 radical (unpaired) electrons. The van der Waals surface area contributed by atoms with E-state index in [2.05, 4.69) is 0 Å². The van der Waals surface area contributed by atoms with Gasteiger partial charge >= 0.3 is 7.82 Å². The second-order valence-corrected chi connectivity index (χ2v) is 12.0. The van der Waals surface area contributed by atoms with Crippen LogP contribution >= 0.6 is 31.3 Å². The minimum atomic E-state index is -4.94. The highest BCUT2D eigenvalue weighted by Crippen LogP contribution is 2.54. The standard InChI is InChI=1S/C30H23O6PS2/c1-33-23-13-7-11-21-25(17-19-9-3-5-15-27(19)38-29(21)23)35-37(31,32)36-26-18-20-10-4-6-16-28(20)39-30-22(26)12-8-14-24(30)34-2/h3-18H,1-2H3,(H,31,32)/p-1. The van der Waals surface area contributed by atoms with Crippen molar-refractivity contribution in [2.45, 2.75) is 19.6 Å². The van der Waals surface area contributed by atoms with Crippen LogP contribution in [-0.4, -0.2) is 14.2 Å². The predicted octanol–water partition coefficient (Wildman–Crippen LogP) is 7.83. The molecule has 196 valence electrons. The van der Waals surface area contributed by atoms with Crippen molar-refractivity contribution in [3.63, 3.8) is 0 Å². The first kappa shape index (κ1) is 25.7. The summed E-state index contributed by atoms with van der Waals surface area (Å²) in [7, 11) is -1.77. The van der Waals surface area contributed by atoms with Crippen LogP contribution in [0.15, 0.2) is 105 Å². The molecule has 0 bridgehead atoms. The van der Waals surface area contributed by atoms with Crippen molar-refractivity contribution in [1.82, 2.24) is 0 Å². The SMILES string of the molecule is COc1cccc2c1Sc1ccccc1C=C2OP(=O)([O-])OC1=Cc2ccccc2Sc2c(OC)cccc21. The first-order chi connectivity index (χ1) is 19.0. The highest BCUT2D eigenvalue weighted by molar-refractivity contribution is 8.00. The fraction of sp³-hybridized carbons (Fsp3) is 0.0667. The van der Waals surface area contributed by atoms with Crippen LogP contribution in [0.5, 0.6) is 11.5 Å². The van der Waals surface area contributed by atoms with Crippen molar-refractivity contribution in [2.24, 2.45) is 0 Å². The molecular formula is C30H22O6PS2-. The van der Waals surface area contributed by atoms with Crippen molar-refractivity contribution >= 4 is 55.0 Å². The van der Waals surface area contributed by atoms with E-state index in [1.807, 2.05) is 60.7 Å². The number of hydrogen-bond acceptors (Lipinski definition) is 8. The molecule has 0 saturated carbocycles. The number of ether oxygens (including phenoxy) is 2. The largest absolute Gasteiger partial charge is 0.736 e. The topological polar surface area (TPSA) is 77.1 Å². The van der Waals surface area contributed by atoms with E-state index in [0.717, 1.165) is 30.7 Å². The third kappa shape index (κ3) is 5.09. The number of methoxy groups -OCH3 is 2. The minimum absolute atomic E-state index is 0.148. The predicted molar refractivity (Wildman–Crippen MR) is 153 cm³/mol. The second kappa shape index (κ2) is 10.5. The van der Waals surface area contributed by atoms with E-state index >= 15 is 0 Å². The zero-order chi connectivity index (χ0) is 27.0. The van der Waals surface area contributed by atoms with Crippen LogP contribution in [0.2, 0.25) is 0 Å². The fourth-order valence-electron chi connectivity index (χ4n) is 4.41. The molecule has 4 aromatic carbocycles. The lowest BCUT2D eigenvalue weighted by Gasteiger charge is -2.27. The van der Waals surface area contributed by atoms with Gasteiger partial charge in [0.1, 0.15) is 23.0 Å². The average Bonchev–Trinajstić information content (AvgIpc) is 3.19. The molecular weight excluding hydrogens is 551 g/mol. The number of fused-ring (bicyclic) bond motifs is 4. The number of phosphoric acid groups is 1. The van der Waals surface area contributed by atoms with Crippen molar-refractivity contribution in [3.05, 3.63) is 107 Å². The number of rotatable bonds is 6. The normalized spacial score (nSPS) is 13.7. The van der Waals surface area contributed by atoms with Gasteiger partial charge in [-0.1, -0.05) is 72.1 Å². The lowest BCUT2D eigenvalue weighted by atomic mass is 10.1. The van der Waals surface area contributed by atoms with Crippen LogP contribution in [0.1, 0.15) is 22.3 Å². The van der Waals surface area contributed by atoms with Gasteiger partial charge < -0.3 is 23.4 Å². The first-order valence-electron chi connectivity index (χ1n) is 12.0. The molecule has 0 aliphatic carbocycles. The molecule has 0 atom stereocenters. The van der Waals surface area contributed by atoms with Gasteiger partial charge in [-0.2, -0.15) is 0 Å². The van der Waals surface area contributed by atoms with E-state index in [4.69, 9.17) is 18.5 Å². The van der Waals surface area contributed by atoms with Crippen LogP contribution in [0.25, 0.3) is 23.7 Å². The summed E-state index contributed by atoms with van der Waals surface area (Å²) in [6, 6.07) is 26.3. The molecule has 6 nitrogen and oxygen atoms in total. The van der Waals surface area contributed by atoms with Crippen LogP contribution in [-0.2, 0) is 13.6 Å². The van der Waals surface area contributed by atoms with Crippen molar-refractivity contribution in [1.29, 1.82) is 0 Å².